The summed E-state index contributed by atoms with van der Waals surface area (Å²) in [5.41, 5.74) is 12.6. The molecule has 27 heavy (non-hydrogen) atoms. The Morgan fingerprint density at radius 2 is 1.63 bits per heavy atom. The number of hydrazine groups is 1. The molecule has 1 amide bonds. The highest BCUT2D eigenvalue weighted by atomic mass is 79.9. The molecule has 5 N–H and O–H groups in total. The van der Waals surface area contributed by atoms with Crippen LogP contribution in [-0.2, 0) is 0 Å². The number of nitrogen functional groups attached to an aromatic ring is 1. The van der Waals surface area contributed by atoms with Gasteiger partial charge in [0.15, 0.2) is 11.6 Å². The molecule has 0 saturated carbocycles. The van der Waals surface area contributed by atoms with Gasteiger partial charge in [-0.05, 0) is 42.5 Å². The molecule has 0 saturated heterocycles. The number of nitrogens with zero attached hydrogens (tertiary/aromatic N) is 2. The summed E-state index contributed by atoms with van der Waals surface area (Å²) < 4.78 is 0.879. The first-order chi connectivity index (χ1) is 12.9. The van der Waals surface area contributed by atoms with E-state index in [0.717, 1.165) is 4.47 Å². The van der Waals surface area contributed by atoms with Gasteiger partial charge in [-0.2, -0.15) is 0 Å². The molecule has 3 aromatic rings. The van der Waals surface area contributed by atoms with Crippen molar-refractivity contribution in [3.05, 3.63) is 68.9 Å². The lowest BCUT2D eigenvalue weighted by atomic mass is 10.2. The Labute approximate surface area is 173 Å². The summed E-state index contributed by atoms with van der Waals surface area (Å²) in [6.07, 6.45) is 1.30. The van der Waals surface area contributed by atoms with E-state index >= 15 is 0 Å². The number of aromatic nitrogens is 2. The van der Waals surface area contributed by atoms with E-state index in [0.29, 0.717) is 27.1 Å². The zero-order valence-electron chi connectivity index (χ0n) is 13.6. The first kappa shape index (κ1) is 19.2. The normalized spacial score (nSPS) is 10.3. The number of hydrogen-bond donors (Lipinski definition) is 4. The average molecular weight is 468 g/mol. The maximum Gasteiger partial charge on any atom is 0.269 e. The monoisotopic (exact) mass is 466 g/mol. The Bertz CT molecular complexity index is 963. The van der Waals surface area contributed by atoms with Crippen LogP contribution in [0.5, 0.6) is 0 Å². The van der Waals surface area contributed by atoms with Crippen molar-refractivity contribution in [3.8, 4) is 0 Å². The van der Waals surface area contributed by atoms with Crippen molar-refractivity contribution in [1.82, 2.24) is 15.4 Å². The minimum absolute atomic E-state index is 0.213. The molecule has 1 aromatic heterocycles. The lowest BCUT2D eigenvalue weighted by molar-refractivity contribution is 0.0962. The highest BCUT2D eigenvalue weighted by Gasteiger charge is 2.11. The SMILES string of the molecule is Nc1c(NNC(=O)c2ccc(Br)cc2)ncnc1Nc1cc(Cl)cc(Cl)c1. The van der Waals surface area contributed by atoms with Gasteiger partial charge in [0.2, 0.25) is 0 Å². The molecule has 0 aliphatic carbocycles. The number of amides is 1. The molecule has 0 aliphatic heterocycles. The van der Waals surface area contributed by atoms with Crippen LogP contribution in [0.25, 0.3) is 0 Å². The minimum atomic E-state index is -0.336. The lowest BCUT2D eigenvalue weighted by Gasteiger charge is -2.13. The molecular weight excluding hydrogens is 455 g/mol. The zero-order chi connectivity index (χ0) is 19.4. The fraction of sp³-hybridized carbons (Fsp3) is 0. The van der Waals surface area contributed by atoms with E-state index in [1.54, 1.807) is 42.5 Å². The summed E-state index contributed by atoms with van der Waals surface area (Å²) >= 11 is 15.3. The molecular formula is C17H13BrCl2N6O. The van der Waals surface area contributed by atoms with E-state index in [9.17, 15) is 4.79 Å². The summed E-state index contributed by atoms with van der Waals surface area (Å²) in [7, 11) is 0. The molecule has 0 radical (unpaired) electrons. The largest absolute Gasteiger partial charge is 0.393 e. The zero-order valence-corrected chi connectivity index (χ0v) is 16.7. The fourth-order valence-corrected chi connectivity index (χ4v) is 2.94. The molecule has 7 nitrogen and oxygen atoms in total. The van der Waals surface area contributed by atoms with Gasteiger partial charge in [0.1, 0.15) is 12.0 Å². The number of carbonyl (C=O) groups excluding carboxylic acids is 1. The second-order valence-corrected chi connectivity index (χ2v) is 7.14. The number of benzene rings is 2. The molecule has 0 aliphatic rings. The Hall–Kier alpha value is -2.55. The predicted molar refractivity (Wildman–Crippen MR) is 111 cm³/mol. The van der Waals surface area contributed by atoms with Crippen molar-refractivity contribution in [2.24, 2.45) is 0 Å². The van der Waals surface area contributed by atoms with Gasteiger partial charge in [-0.1, -0.05) is 39.1 Å². The van der Waals surface area contributed by atoms with Gasteiger partial charge in [-0.3, -0.25) is 15.6 Å². The minimum Gasteiger partial charge on any atom is -0.393 e. The number of anilines is 4. The van der Waals surface area contributed by atoms with E-state index in [1.807, 2.05) is 0 Å². The van der Waals surface area contributed by atoms with Crippen LogP contribution in [-0.4, -0.2) is 15.9 Å². The third-order valence-corrected chi connectivity index (χ3v) is 4.38. The third kappa shape index (κ3) is 5.00. The van der Waals surface area contributed by atoms with Crippen LogP contribution in [0.15, 0.2) is 53.3 Å². The van der Waals surface area contributed by atoms with Crippen molar-refractivity contribution in [2.75, 3.05) is 16.5 Å². The van der Waals surface area contributed by atoms with Crippen LogP contribution in [0.4, 0.5) is 23.0 Å². The van der Waals surface area contributed by atoms with E-state index in [1.165, 1.54) is 6.33 Å². The fourth-order valence-electron chi connectivity index (χ4n) is 2.15. The number of nitrogens with one attached hydrogen (secondary N) is 3. The topological polar surface area (TPSA) is 105 Å². The van der Waals surface area contributed by atoms with Gasteiger partial charge in [-0.15, -0.1) is 0 Å². The molecule has 10 heteroatoms. The first-order valence-corrected chi connectivity index (χ1v) is 9.13. The van der Waals surface area contributed by atoms with Crippen molar-refractivity contribution in [1.29, 1.82) is 0 Å². The molecule has 0 spiro atoms. The Morgan fingerprint density at radius 1 is 1.00 bits per heavy atom. The number of nitrogens with two attached hydrogens (primary N) is 1. The summed E-state index contributed by atoms with van der Waals surface area (Å²) in [6.45, 7) is 0. The summed E-state index contributed by atoms with van der Waals surface area (Å²) in [5, 5.41) is 3.96. The molecule has 0 bridgehead atoms. The van der Waals surface area contributed by atoms with Crippen LogP contribution >= 0.6 is 39.1 Å². The van der Waals surface area contributed by atoms with E-state index in [2.05, 4.69) is 42.1 Å². The van der Waals surface area contributed by atoms with Crippen LogP contribution < -0.4 is 21.9 Å². The quantitative estimate of drug-likeness (QED) is 0.408. The first-order valence-electron chi connectivity index (χ1n) is 7.58. The third-order valence-electron chi connectivity index (χ3n) is 3.41. The molecule has 0 fully saturated rings. The van der Waals surface area contributed by atoms with E-state index in [4.69, 9.17) is 28.9 Å². The maximum atomic E-state index is 12.2. The highest BCUT2D eigenvalue weighted by Crippen LogP contribution is 2.28. The Morgan fingerprint density at radius 3 is 2.30 bits per heavy atom. The van der Waals surface area contributed by atoms with Crippen LogP contribution in [0.1, 0.15) is 10.4 Å². The van der Waals surface area contributed by atoms with E-state index in [-0.39, 0.29) is 17.4 Å². The molecule has 3 rings (SSSR count). The smallest absolute Gasteiger partial charge is 0.269 e. The van der Waals surface area contributed by atoms with Gasteiger partial charge >= 0.3 is 0 Å². The molecule has 1 heterocycles. The second kappa shape index (κ2) is 8.43. The van der Waals surface area contributed by atoms with Crippen molar-refractivity contribution >= 4 is 68.0 Å². The molecule has 0 atom stereocenters. The van der Waals surface area contributed by atoms with Gasteiger partial charge in [0.05, 0.1) is 0 Å². The van der Waals surface area contributed by atoms with Gasteiger partial charge in [-0.25, -0.2) is 9.97 Å². The van der Waals surface area contributed by atoms with Crippen molar-refractivity contribution < 1.29 is 4.79 Å². The van der Waals surface area contributed by atoms with E-state index < -0.39 is 0 Å². The Balaban J connectivity index is 1.72. The number of carbonyl (C=O) groups is 1. The van der Waals surface area contributed by atoms with Crippen LogP contribution in [0, 0.1) is 0 Å². The van der Waals surface area contributed by atoms with Crippen LogP contribution in [0.3, 0.4) is 0 Å². The van der Waals surface area contributed by atoms with Crippen molar-refractivity contribution in [3.63, 3.8) is 0 Å². The van der Waals surface area contributed by atoms with Gasteiger partial charge < -0.3 is 11.1 Å². The van der Waals surface area contributed by atoms with Crippen molar-refractivity contribution in [2.45, 2.75) is 0 Å². The summed E-state index contributed by atoms with van der Waals surface area (Å²) in [6, 6.07) is 11.9. The summed E-state index contributed by atoms with van der Waals surface area (Å²) in [5.74, 6) is 0.242. The lowest BCUT2D eigenvalue weighted by Crippen LogP contribution is -2.30. The second-order valence-electron chi connectivity index (χ2n) is 5.35. The maximum absolute atomic E-state index is 12.2. The molecule has 2 aromatic carbocycles. The van der Waals surface area contributed by atoms with Crippen LogP contribution in [0.2, 0.25) is 10.0 Å². The van der Waals surface area contributed by atoms with Gasteiger partial charge in [0.25, 0.3) is 5.91 Å². The molecule has 0 unspecified atom stereocenters. The average Bonchev–Trinajstić information content (AvgIpc) is 2.62. The van der Waals surface area contributed by atoms with Gasteiger partial charge in [0, 0.05) is 25.8 Å². The number of halogens is 3. The number of hydrogen-bond acceptors (Lipinski definition) is 6. The predicted octanol–water partition coefficient (Wildman–Crippen LogP) is 4.63. The summed E-state index contributed by atoms with van der Waals surface area (Å²) in [4.78, 5) is 20.3. The number of rotatable bonds is 5. The molecule has 138 valence electrons. The Kier molecular flexibility index (Phi) is 6.00. The standard InChI is InChI=1S/C17H13BrCl2N6O/c18-10-3-1-9(2-4-10)17(27)26-25-16-14(21)15(22-8-23-16)24-13-6-11(19)5-12(20)7-13/h1-8H,21H2,(H,26,27)(H2,22,23,24,25). The highest BCUT2D eigenvalue weighted by molar-refractivity contribution is 9.10.